The van der Waals surface area contributed by atoms with Crippen molar-refractivity contribution < 1.29 is 4.79 Å². The Labute approximate surface area is 116 Å². The summed E-state index contributed by atoms with van der Waals surface area (Å²) in [6, 6.07) is 17.0. The number of carbonyl (C=O) groups is 1. The molecule has 1 heteroatoms. The Morgan fingerprint density at radius 1 is 0.850 bits per heavy atom. The maximum absolute atomic E-state index is 11.8. The zero-order valence-corrected chi connectivity index (χ0v) is 11.3. The SMILES string of the molecule is CC1C=c2cc3c(ccc4ccccc43)cc2=CC1=O. The van der Waals surface area contributed by atoms with Gasteiger partial charge < -0.3 is 0 Å². The highest BCUT2D eigenvalue weighted by Crippen LogP contribution is 2.23. The van der Waals surface area contributed by atoms with E-state index in [4.69, 9.17) is 0 Å². The molecule has 0 amide bonds. The van der Waals surface area contributed by atoms with E-state index in [0.717, 1.165) is 5.22 Å². The van der Waals surface area contributed by atoms with Crippen LogP contribution in [0.3, 0.4) is 0 Å². The Balaban J connectivity index is 2.21. The van der Waals surface area contributed by atoms with Crippen LogP contribution in [0.4, 0.5) is 0 Å². The van der Waals surface area contributed by atoms with Gasteiger partial charge in [-0.2, -0.15) is 0 Å². The van der Waals surface area contributed by atoms with Crippen molar-refractivity contribution in [2.24, 2.45) is 5.92 Å². The Hall–Kier alpha value is -2.41. The first kappa shape index (κ1) is 11.4. The molecule has 0 fully saturated rings. The van der Waals surface area contributed by atoms with E-state index in [9.17, 15) is 4.79 Å². The quantitative estimate of drug-likeness (QED) is 0.567. The lowest BCUT2D eigenvalue weighted by Crippen LogP contribution is -2.32. The van der Waals surface area contributed by atoms with E-state index in [0.29, 0.717) is 0 Å². The predicted octanol–water partition coefficient (Wildman–Crippen LogP) is 2.77. The molecule has 4 rings (SSSR count). The molecule has 0 spiro atoms. The van der Waals surface area contributed by atoms with Crippen molar-refractivity contribution in [3.63, 3.8) is 0 Å². The molecular weight excluding hydrogens is 244 g/mol. The number of fused-ring (bicyclic) bond motifs is 4. The maximum Gasteiger partial charge on any atom is 0.162 e. The van der Waals surface area contributed by atoms with E-state index in [-0.39, 0.29) is 11.7 Å². The highest BCUT2D eigenvalue weighted by Gasteiger charge is 2.11. The minimum atomic E-state index is -0.0186. The van der Waals surface area contributed by atoms with Gasteiger partial charge >= 0.3 is 0 Å². The molecule has 0 saturated carbocycles. The van der Waals surface area contributed by atoms with Crippen molar-refractivity contribution in [2.75, 3.05) is 0 Å². The molecule has 0 N–H and O–H groups in total. The summed E-state index contributed by atoms with van der Waals surface area (Å²) >= 11 is 0. The molecule has 0 aromatic heterocycles. The zero-order valence-electron chi connectivity index (χ0n) is 11.3. The molecule has 0 heterocycles. The van der Waals surface area contributed by atoms with E-state index >= 15 is 0 Å². The lowest BCUT2D eigenvalue weighted by atomic mass is 9.94. The molecule has 96 valence electrons. The lowest BCUT2D eigenvalue weighted by Gasteiger charge is -2.09. The van der Waals surface area contributed by atoms with Crippen LogP contribution < -0.4 is 10.4 Å². The van der Waals surface area contributed by atoms with Crippen LogP contribution in [0.25, 0.3) is 33.7 Å². The topological polar surface area (TPSA) is 17.1 Å². The number of hydrogen-bond donors (Lipinski definition) is 0. The average Bonchev–Trinajstić information content (AvgIpc) is 2.47. The Bertz CT molecular complexity index is 980. The largest absolute Gasteiger partial charge is 0.294 e. The molecule has 3 aromatic carbocycles. The number of ketones is 1. The van der Waals surface area contributed by atoms with Gasteiger partial charge in [-0.25, -0.2) is 0 Å². The summed E-state index contributed by atoms with van der Waals surface area (Å²) in [4.78, 5) is 11.8. The van der Waals surface area contributed by atoms with E-state index < -0.39 is 0 Å². The lowest BCUT2D eigenvalue weighted by molar-refractivity contribution is -0.114. The first-order valence-electron chi connectivity index (χ1n) is 6.91. The zero-order chi connectivity index (χ0) is 13.7. The molecule has 1 atom stereocenters. The van der Waals surface area contributed by atoms with Gasteiger partial charge in [0.15, 0.2) is 5.78 Å². The van der Waals surface area contributed by atoms with E-state index in [1.165, 1.54) is 26.8 Å². The molecule has 1 aliphatic carbocycles. The summed E-state index contributed by atoms with van der Waals surface area (Å²) in [5.41, 5.74) is 0. The molecular formula is C19H14O. The first-order valence-corrected chi connectivity index (χ1v) is 6.91. The third-order valence-corrected chi connectivity index (χ3v) is 4.12. The van der Waals surface area contributed by atoms with Gasteiger partial charge in [-0.05, 0) is 50.2 Å². The van der Waals surface area contributed by atoms with Crippen molar-refractivity contribution >= 4 is 39.5 Å². The smallest absolute Gasteiger partial charge is 0.162 e. The van der Waals surface area contributed by atoms with Crippen molar-refractivity contribution in [1.29, 1.82) is 0 Å². The molecule has 0 saturated heterocycles. The monoisotopic (exact) mass is 258 g/mol. The standard InChI is InChI=1S/C19H14O/c1-12-8-15-10-18-14(9-16(15)11-19(12)20)7-6-13-4-2-3-5-17(13)18/h2-12H,1H3. The van der Waals surface area contributed by atoms with Crippen LogP contribution >= 0.6 is 0 Å². The summed E-state index contributed by atoms with van der Waals surface area (Å²) in [5, 5.41) is 7.17. The molecule has 1 unspecified atom stereocenters. The second-order valence-corrected chi connectivity index (χ2v) is 5.49. The normalized spacial score (nSPS) is 17.6. The third-order valence-electron chi connectivity index (χ3n) is 4.12. The van der Waals surface area contributed by atoms with Crippen LogP contribution in [0, 0.1) is 5.92 Å². The molecule has 0 bridgehead atoms. The van der Waals surface area contributed by atoms with Crippen molar-refractivity contribution in [1.82, 2.24) is 0 Å². The van der Waals surface area contributed by atoms with Gasteiger partial charge in [0.2, 0.25) is 0 Å². The number of carbonyl (C=O) groups excluding carboxylic acids is 1. The second kappa shape index (κ2) is 4.04. The number of Topliss-reactive ketones (excluding diaryl/α,β-unsaturated/α-hetero) is 1. The summed E-state index contributed by atoms with van der Waals surface area (Å²) < 4.78 is 0. The van der Waals surface area contributed by atoms with E-state index in [1.54, 1.807) is 6.08 Å². The van der Waals surface area contributed by atoms with Gasteiger partial charge in [0, 0.05) is 5.92 Å². The van der Waals surface area contributed by atoms with Gasteiger partial charge in [-0.3, -0.25) is 4.79 Å². The fourth-order valence-corrected chi connectivity index (χ4v) is 2.99. The fraction of sp³-hybridized carbons (Fsp3) is 0.105. The molecule has 3 aromatic rings. The molecule has 1 nitrogen and oxygen atoms in total. The first-order chi connectivity index (χ1) is 9.72. The molecule has 1 aliphatic rings. The van der Waals surface area contributed by atoms with Crippen molar-refractivity contribution in [3.8, 4) is 0 Å². The fourth-order valence-electron chi connectivity index (χ4n) is 2.99. The summed E-state index contributed by atoms with van der Waals surface area (Å²) in [5.74, 6) is 0.174. The highest BCUT2D eigenvalue weighted by molar-refractivity contribution is 6.12. The summed E-state index contributed by atoms with van der Waals surface area (Å²) in [6.45, 7) is 1.95. The van der Waals surface area contributed by atoms with Gasteiger partial charge in [-0.15, -0.1) is 0 Å². The Kier molecular flexibility index (Phi) is 2.31. The van der Waals surface area contributed by atoms with Gasteiger partial charge in [-0.1, -0.05) is 49.4 Å². The molecule has 0 aliphatic heterocycles. The Morgan fingerprint density at radius 2 is 1.65 bits per heavy atom. The van der Waals surface area contributed by atoms with Crippen LogP contribution in [0.1, 0.15) is 6.92 Å². The minimum Gasteiger partial charge on any atom is -0.294 e. The maximum atomic E-state index is 11.8. The van der Waals surface area contributed by atoms with Crippen LogP contribution in [0.2, 0.25) is 0 Å². The summed E-state index contributed by atoms with van der Waals surface area (Å²) in [7, 11) is 0. The molecule has 0 radical (unpaired) electrons. The van der Waals surface area contributed by atoms with Crippen molar-refractivity contribution in [2.45, 2.75) is 6.92 Å². The minimum absolute atomic E-state index is 0.0186. The number of benzene rings is 3. The van der Waals surface area contributed by atoms with E-state index in [2.05, 4.69) is 54.6 Å². The van der Waals surface area contributed by atoms with Gasteiger partial charge in [0.25, 0.3) is 0 Å². The third kappa shape index (κ3) is 1.60. The van der Waals surface area contributed by atoms with Gasteiger partial charge in [0.05, 0.1) is 0 Å². The second-order valence-electron chi connectivity index (χ2n) is 5.49. The predicted molar refractivity (Wildman–Crippen MR) is 83.8 cm³/mol. The van der Waals surface area contributed by atoms with Crippen LogP contribution in [0.5, 0.6) is 0 Å². The van der Waals surface area contributed by atoms with Crippen molar-refractivity contribution in [3.05, 3.63) is 59.0 Å². The highest BCUT2D eigenvalue weighted by atomic mass is 16.1. The van der Waals surface area contributed by atoms with Gasteiger partial charge in [0.1, 0.15) is 0 Å². The van der Waals surface area contributed by atoms with E-state index in [1.807, 2.05) is 6.92 Å². The number of rotatable bonds is 0. The van der Waals surface area contributed by atoms with Crippen LogP contribution in [-0.2, 0) is 4.79 Å². The van der Waals surface area contributed by atoms with Crippen LogP contribution in [0.15, 0.2) is 48.5 Å². The summed E-state index contributed by atoms with van der Waals surface area (Å²) in [6.07, 6.45) is 3.84. The Morgan fingerprint density at radius 3 is 2.55 bits per heavy atom. The van der Waals surface area contributed by atoms with Crippen LogP contribution in [-0.4, -0.2) is 5.78 Å². The number of hydrogen-bond acceptors (Lipinski definition) is 1. The molecule has 20 heavy (non-hydrogen) atoms. The average molecular weight is 258 g/mol.